The van der Waals surface area contributed by atoms with E-state index in [-0.39, 0.29) is 23.8 Å². The van der Waals surface area contributed by atoms with Crippen LogP contribution in [-0.4, -0.2) is 39.8 Å². The van der Waals surface area contributed by atoms with Crippen LogP contribution >= 0.6 is 0 Å². The van der Waals surface area contributed by atoms with E-state index < -0.39 is 25.1 Å². The maximum Gasteiger partial charge on any atom is 0.335 e. The van der Waals surface area contributed by atoms with Crippen LogP contribution in [0, 0.1) is 20.8 Å². The quantitative estimate of drug-likeness (QED) is 0.799. The average Bonchev–Trinajstić information content (AvgIpc) is 2.85. The van der Waals surface area contributed by atoms with E-state index in [2.05, 4.69) is 14.9 Å². The third-order valence-corrected chi connectivity index (χ3v) is 5.83. The van der Waals surface area contributed by atoms with Crippen molar-refractivity contribution >= 4 is 19.9 Å². The summed E-state index contributed by atoms with van der Waals surface area (Å²) in [5.74, 6) is 0.0514. The van der Waals surface area contributed by atoms with E-state index >= 15 is 0 Å². The summed E-state index contributed by atoms with van der Waals surface area (Å²) in [5, 5.41) is 6.53. The lowest BCUT2D eigenvalue weighted by Crippen LogP contribution is -2.27. The highest BCUT2D eigenvalue weighted by atomic mass is 32.2. The van der Waals surface area contributed by atoms with E-state index in [4.69, 9.17) is 4.42 Å². The third-order valence-electron chi connectivity index (χ3n) is 3.27. The molecule has 0 aliphatic heterocycles. The standard InChI is InChI=1S/C14H19N3O5S2/c1-9-7-10(2)13(11(3)8-9)24(20,21)15-6-5-12-16-17-14(22-12)23(4,18)19/h7-8,15H,5-6H2,1-4H3. The second-order valence-corrected chi connectivity index (χ2v) is 9.21. The van der Waals surface area contributed by atoms with Crippen LogP contribution in [0.5, 0.6) is 0 Å². The number of sulfonamides is 1. The van der Waals surface area contributed by atoms with Gasteiger partial charge in [0.15, 0.2) is 0 Å². The molecule has 0 aliphatic rings. The van der Waals surface area contributed by atoms with Gasteiger partial charge in [-0.15, -0.1) is 5.10 Å². The van der Waals surface area contributed by atoms with E-state index in [0.717, 1.165) is 11.8 Å². The second-order valence-electron chi connectivity index (χ2n) is 5.61. The van der Waals surface area contributed by atoms with Crippen LogP contribution in [0.2, 0.25) is 0 Å². The molecule has 0 amide bonds. The van der Waals surface area contributed by atoms with Gasteiger partial charge in [-0.05, 0) is 31.9 Å². The highest BCUT2D eigenvalue weighted by molar-refractivity contribution is 7.90. The van der Waals surface area contributed by atoms with Crippen molar-refractivity contribution < 1.29 is 21.3 Å². The van der Waals surface area contributed by atoms with Crippen LogP contribution < -0.4 is 4.72 Å². The molecule has 1 aromatic heterocycles. The Labute approximate surface area is 141 Å². The predicted molar refractivity (Wildman–Crippen MR) is 87.0 cm³/mol. The van der Waals surface area contributed by atoms with Gasteiger partial charge in [0.05, 0.1) is 4.90 Å². The molecule has 0 unspecified atom stereocenters. The molecular formula is C14H19N3O5S2. The summed E-state index contributed by atoms with van der Waals surface area (Å²) in [6.07, 6.45) is 1.04. The van der Waals surface area contributed by atoms with E-state index in [1.54, 1.807) is 26.0 Å². The van der Waals surface area contributed by atoms with Gasteiger partial charge in [0.1, 0.15) is 0 Å². The highest BCUT2D eigenvalue weighted by Gasteiger charge is 2.20. The predicted octanol–water partition coefficient (Wildman–Crippen LogP) is 0.919. The molecule has 0 fully saturated rings. The Bertz CT molecular complexity index is 939. The number of hydrogen-bond acceptors (Lipinski definition) is 7. The minimum Gasteiger partial charge on any atom is -0.412 e. The van der Waals surface area contributed by atoms with E-state index in [9.17, 15) is 16.8 Å². The molecule has 1 heterocycles. The van der Waals surface area contributed by atoms with Crippen LogP contribution in [0.15, 0.2) is 26.7 Å². The first kappa shape index (κ1) is 18.6. The first-order chi connectivity index (χ1) is 11.0. The highest BCUT2D eigenvalue weighted by Crippen LogP contribution is 2.21. The molecule has 0 atom stereocenters. The average molecular weight is 373 g/mol. The fourth-order valence-corrected chi connectivity index (χ4v) is 4.36. The molecule has 24 heavy (non-hydrogen) atoms. The van der Waals surface area contributed by atoms with Crippen molar-refractivity contribution in [2.75, 3.05) is 12.8 Å². The normalized spacial score (nSPS) is 12.5. The molecular weight excluding hydrogens is 354 g/mol. The van der Waals surface area contributed by atoms with Crippen LogP contribution in [0.25, 0.3) is 0 Å². The number of nitrogens with one attached hydrogen (secondary N) is 1. The number of aromatic nitrogens is 2. The van der Waals surface area contributed by atoms with Gasteiger partial charge in [0, 0.05) is 19.2 Å². The number of nitrogens with zero attached hydrogens (tertiary/aromatic N) is 2. The summed E-state index contributed by atoms with van der Waals surface area (Å²) < 4.78 is 54.9. The summed E-state index contributed by atoms with van der Waals surface area (Å²) in [4.78, 5) is 0.246. The Kier molecular flexibility index (Phi) is 5.11. The molecule has 0 spiro atoms. The van der Waals surface area contributed by atoms with Gasteiger partial charge in [0.25, 0.3) is 0 Å². The first-order valence-electron chi connectivity index (χ1n) is 7.10. The smallest absolute Gasteiger partial charge is 0.335 e. The lowest BCUT2D eigenvalue weighted by molar-refractivity contribution is 0.397. The van der Waals surface area contributed by atoms with Crippen molar-refractivity contribution in [2.24, 2.45) is 0 Å². The number of benzene rings is 1. The minimum atomic E-state index is -3.69. The van der Waals surface area contributed by atoms with Gasteiger partial charge in [-0.25, -0.2) is 21.6 Å². The lowest BCUT2D eigenvalue weighted by atomic mass is 10.1. The molecule has 0 saturated carbocycles. The molecule has 0 radical (unpaired) electrons. The fourth-order valence-electron chi connectivity index (χ4n) is 2.44. The SMILES string of the molecule is Cc1cc(C)c(S(=O)(=O)NCCc2nnc(S(C)(=O)=O)o2)c(C)c1. The van der Waals surface area contributed by atoms with Crippen molar-refractivity contribution in [1.82, 2.24) is 14.9 Å². The monoisotopic (exact) mass is 373 g/mol. The van der Waals surface area contributed by atoms with Crippen molar-refractivity contribution in [3.05, 3.63) is 34.7 Å². The molecule has 8 nitrogen and oxygen atoms in total. The van der Waals surface area contributed by atoms with Crippen LogP contribution in [0.4, 0.5) is 0 Å². The van der Waals surface area contributed by atoms with Crippen molar-refractivity contribution in [3.8, 4) is 0 Å². The molecule has 1 N–H and O–H groups in total. The molecule has 1 aromatic carbocycles. The van der Waals surface area contributed by atoms with E-state index in [1.807, 2.05) is 6.92 Å². The maximum atomic E-state index is 12.5. The van der Waals surface area contributed by atoms with Gasteiger partial charge >= 0.3 is 5.22 Å². The Morgan fingerprint density at radius 2 is 1.62 bits per heavy atom. The van der Waals surface area contributed by atoms with Gasteiger partial charge in [-0.3, -0.25) is 0 Å². The van der Waals surface area contributed by atoms with Crippen molar-refractivity contribution in [3.63, 3.8) is 0 Å². The Morgan fingerprint density at radius 1 is 1.04 bits per heavy atom. The van der Waals surface area contributed by atoms with E-state index in [1.165, 1.54) is 0 Å². The van der Waals surface area contributed by atoms with Crippen molar-refractivity contribution in [2.45, 2.75) is 37.3 Å². The fraction of sp³-hybridized carbons (Fsp3) is 0.429. The zero-order valence-electron chi connectivity index (χ0n) is 13.8. The zero-order valence-corrected chi connectivity index (χ0v) is 15.5. The Hall–Kier alpha value is -1.78. The summed E-state index contributed by atoms with van der Waals surface area (Å²) >= 11 is 0. The number of sulfone groups is 1. The summed E-state index contributed by atoms with van der Waals surface area (Å²) in [7, 11) is -7.26. The first-order valence-corrected chi connectivity index (χ1v) is 10.5. The van der Waals surface area contributed by atoms with Crippen LogP contribution in [-0.2, 0) is 26.3 Å². The lowest BCUT2D eigenvalue weighted by Gasteiger charge is -2.12. The topological polar surface area (TPSA) is 119 Å². The number of rotatable bonds is 6. The molecule has 132 valence electrons. The Balaban J connectivity index is 2.10. The minimum absolute atomic E-state index is 0.0144. The van der Waals surface area contributed by atoms with Crippen LogP contribution in [0.3, 0.4) is 0 Å². The largest absolute Gasteiger partial charge is 0.412 e. The maximum absolute atomic E-state index is 12.5. The van der Waals surface area contributed by atoms with Crippen molar-refractivity contribution in [1.29, 1.82) is 0 Å². The Morgan fingerprint density at radius 3 is 2.12 bits per heavy atom. The molecule has 2 aromatic rings. The van der Waals surface area contributed by atoms with Gasteiger partial charge in [0.2, 0.25) is 25.8 Å². The van der Waals surface area contributed by atoms with Gasteiger partial charge in [-0.1, -0.05) is 22.8 Å². The van der Waals surface area contributed by atoms with Gasteiger partial charge in [-0.2, -0.15) is 0 Å². The summed E-state index contributed by atoms with van der Waals surface area (Å²) in [5.41, 5.74) is 2.32. The van der Waals surface area contributed by atoms with E-state index in [0.29, 0.717) is 11.1 Å². The summed E-state index contributed by atoms with van der Waals surface area (Å²) in [6.45, 7) is 5.40. The number of hydrogen-bond donors (Lipinski definition) is 1. The van der Waals surface area contributed by atoms with Gasteiger partial charge < -0.3 is 4.42 Å². The zero-order chi connectivity index (χ0) is 18.1. The molecule has 0 aliphatic carbocycles. The van der Waals surface area contributed by atoms with Crippen LogP contribution in [0.1, 0.15) is 22.6 Å². The molecule has 10 heteroatoms. The molecule has 2 rings (SSSR count). The molecule has 0 saturated heterocycles. The number of aryl methyl sites for hydroxylation is 3. The summed E-state index contributed by atoms with van der Waals surface area (Å²) in [6, 6.07) is 3.61. The second kappa shape index (κ2) is 6.61. The third kappa shape index (κ3) is 4.19. The molecule has 0 bridgehead atoms.